The quantitative estimate of drug-likeness (QED) is 0.519. The molecule has 28 heavy (non-hydrogen) atoms. The van der Waals surface area contributed by atoms with E-state index in [1.165, 1.54) is 15.9 Å². The fourth-order valence-corrected chi connectivity index (χ4v) is 8.30. The zero-order valence-electron chi connectivity index (χ0n) is 16.6. The largest absolute Gasteiger partial charge is 0.399 e. The molecular formula is C25H28O2Si. The molecule has 2 aromatic rings. The van der Waals surface area contributed by atoms with Crippen LogP contribution in [0.2, 0.25) is 6.55 Å². The molecule has 0 bridgehead atoms. The lowest BCUT2D eigenvalue weighted by molar-refractivity contribution is -0.114. The van der Waals surface area contributed by atoms with Gasteiger partial charge in [0.2, 0.25) is 0 Å². The molecule has 2 nitrogen and oxygen atoms in total. The second-order valence-corrected chi connectivity index (χ2v) is 11.6. The van der Waals surface area contributed by atoms with Crippen LogP contribution in [0.1, 0.15) is 32.1 Å². The van der Waals surface area contributed by atoms with E-state index in [-0.39, 0.29) is 11.4 Å². The molecule has 0 aliphatic heterocycles. The number of rotatable bonds is 7. The first-order valence-electron chi connectivity index (χ1n) is 10.2. The first-order valence-corrected chi connectivity index (χ1v) is 12.7. The number of carbonyl (C=O) groups is 1. The Balaban J connectivity index is 1.81. The fraction of sp³-hybridized carbons (Fsp3) is 0.320. The molecule has 2 aliphatic carbocycles. The van der Waals surface area contributed by atoms with Gasteiger partial charge in [0.05, 0.1) is 5.60 Å². The Morgan fingerprint density at radius 1 is 1.11 bits per heavy atom. The molecule has 144 valence electrons. The minimum absolute atomic E-state index is 0.258. The molecule has 2 aromatic carbocycles. The predicted octanol–water partition coefficient (Wildman–Crippen LogP) is 4.41. The van der Waals surface area contributed by atoms with Crippen LogP contribution in [0, 0.1) is 5.92 Å². The normalized spacial score (nSPS) is 24.1. The molecule has 0 saturated heterocycles. The van der Waals surface area contributed by atoms with Gasteiger partial charge in [-0.15, -0.1) is 6.58 Å². The van der Waals surface area contributed by atoms with E-state index in [1.54, 1.807) is 0 Å². The molecule has 0 radical (unpaired) electrons. The van der Waals surface area contributed by atoms with Crippen molar-refractivity contribution in [3.63, 3.8) is 0 Å². The molecule has 1 saturated carbocycles. The van der Waals surface area contributed by atoms with Crippen LogP contribution in [0.3, 0.4) is 0 Å². The molecule has 2 atom stereocenters. The summed E-state index contributed by atoms with van der Waals surface area (Å²) in [4.78, 5) is 12.2. The van der Waals surface area contributed by atoms with Gasteiger partial charge in [-0.25, -0.2) is 0 Å². The molecule has 0 spiro atoms. The Morgan fingerprint density at radius 2 is 1.71 bits per heavy atom. The van der Waals surface area contributed by atoms with Crippen LogP contribution < -0.4 is 10.4 Å². The number of hydrogen-bond acceptors (Lipinski definition) is 2. The van der Waals surface area contributed by atoms with Gasteiger partial charge in [-0.1, -0.05) is 66.7 Å². The Morgan fingerprint density at radius 3 is 2.29 bits per heavy atom. The van der Waals surface area contributed by atoms with E-state index in [0.717, 1.165) is 25.7 Å². The summed E-state index contributed by atoms with van der Waals surface area (Å²) in [6.07, 6.45) is 8.35. The average Bonchev–Trinajstić information content (AvgIpc) is 3.26. The van der Waals surface area contributed by atoms with Gasteiger partial charge in [-0.3, -0.25) is 4.79 Å². The smallest absolute Gasteiger partial charge is 0.253 e. The summed E-state index contributed by atoms with van der Waals surface area (Å²) in [7, 11) is -2.46. The maximum atomic E-state index is 12.2. The lowest BCUT2D eigenvalue weighted by atomic mass is 9.90. The van der Waals surface area contributed by atoms with E-state index in [0.29, 0.717) is 12.3 Å². The van der Waals surface area contributed by atoms with E-state index in [2.05, 4.69) is 73.8 Å². The van der Waals surface area contributed by atoms with Crippen LogP contribution >= 0.6 is 0 Å². The molecular weight excluding hydrogens is 360 g/mol. The number of carbonyl (C=O) groups excluding carboxylic acids is 1. The Kier molecular flexibility index (Phi) is 5.22. The van der Waals surface area contributed by atoms with Crippen molar-refractivity contribution < 1.29 is 9.22 Å². The highest BCUT2D eigenvalue weighted by Gasteiger charge is 2.51. The Bertz CT molecular complexity index is 848. The van der Waals surface area contributed by atoms with Crippen LogP contribution in [0.4, 0.5) is 0 Å². The Hall–Kier alpha value is -2.23. The van der Waals surface area contributed by atoms with Crippen LogP contribution in [-0.4, -0.2) is 19.7 Å². The molecule has 0 amide bonds. The fourth-order valence-electron chi connectivity index (χ4n) is 4.97. The first-order chi connectivity index (χ1) is 13.6. The predicted molar refractivity (Wildman–Crippen MR) is 117 cm³/mol. The maximum Gasteiger partial charge on any atom is 0.253 e. The van der Waals surface area contributed by atoms with Crippen molar-refractivity contribution in [2.45, 2.75) is 44.3 Å². The SMILES string of the molecule is C=CCC[C@@]1(O[Si](C)(c2ccccc2)c2ccccc2)CC[C@@H]2CC(=O)C=C21. The third-order valence-corrected chi connectivity index (χ3v) is 10.1. The summed E-state index contributed by atoms with van der Waals surface area (Å²) < 4.78 is 7.29. The zero-order chi connectivity index (χ0) is 19.6. The highest BCUT2D eigenvalue weighted by Crippen LogP contribution is 2.50. The van der Waals surface area contributed by atoms with Crippen LogP contribution in [0.25, 0.3) is 0 Å². The summed E-state index contributed by atoms with van der Waals surface area (Å²) in [5.74, 6) is 0.621. The molecule has 0 heterocycles. The number of fused-ring (bicyclic) bond motifs is 1. The van der Waals surface area contributed by atoms with Crippen molar-refractivity contribution in [3.8, 4) is 0 Å². The molecule has 4 rings (SSSR count). The van der Waals surface area contributed by atoms with Gasteiger partial charge in [0.15, 0.2) is 5.78 Å². The Labute approximate surface area is 169 Å². The number of benzene rings is 2. The summed E-state index contributed by atoms with van der Waals surface area (Å²) >= 11 is 0. The minimum atomic E-state index is -2.46. The molecule has 0 unspecified atom stereocenters. The van der Waals surface area contributed by atoms with Crippen molar-refractivity contribution in [1.82, 2.24) is 0 Å². The highest BCUT2D eigenvalue weighted by molar-refractivity contribution is 6.96. The van der Waals surface area contributed by atoms with E-state index in [4.69, 9.17) is 4.43 Å². The molecule has 2 aliphatic rings. The van der Waals surface area contributed by atoms with Crippen LogP contribution in [0.5, 0.6) is 0 Å². The molecule has 0 N–H and O–H groups in total. The van der Waals surface area contributed by atoms with E-state index < -0.39 is 8.32 Å². The van der Waals surface area contributed by atoms with Gasteiger partial charge in [0.25, 0.3) is 8.32 Å². The summed E-state index contributed by atoms with van der Waals surface area (Å²) in [5.41, 5.74) is 0.891. The van der Waals surface area contributed by atoms with Crippen LogP contribution in [-0.2, 0) is 9.22 Å². The first kappa shape index (κ1) is 19.1. The minimum Gasteiger partial charge on any atom is -0.399 e. The molecule has 3 heteroatoms. The average molecular weight is 389 g/mol. The van der Waals surface area contributed by atoms with Gasteiger partial charge >= 0.3 is 0 Å². The second kappa shape index (κ2) is 7.65. The maximum absolute atomic E-state index is 12.2. The van der Waals surface area contributed by atoms with Crippen molar-refractivity contribution in [2.24, 2.45) is 5.92 Å². The van der Waals surface area contributed by atoms with Gasteiger partial charge in [0.1, 0.15) is 0 Å². The molecule has 1 fully saturated rings. The second-order valence-electron chi connectivity index (χ2n) is 8.19. The van der Waals surface area contributed by atoms with Crippen molar-refractivity contribution >= 4 is 24.5 Å². The number of allylic oxidation sites excluding steroid dienone is 2. The van der Waals surface area contributed by atoms with Crippen molar-refractivity contribution in [3.05, 3.63) is 85.0 Å². The monoisotopic (exact) mass is 388 g/mol. The van der Waals surface area contributed by atoms with Crippen molar-refractivity contribution in [2.75, 3.05) is 0 Å². The van der Waals surface area contributed by atoms with E-state index in [9.17, 15) is 4.79 Å². The summed E-state index contributed by atoms with van der Waals surface area (Å²) in [6.45, 7) is 6.24. The topological polar surface area (TPSA) is 26.3 Å². The lowest BCUT2D eigenvalue weighted by Crippen LogP contribution is -2.62. The van der Waals surface area contributed by atoms with Gasteiger partial charge in [-0.05, 0) is 60.2 Å². The summed E-state index contributed by atoms with van der Waals surface area (Å²) in [5, 5.41) is 2.54. The van der Waals surface area contributed by atoms with Gasteiger partial charge < -0.3 is 4.43 Å². The van der Waals surface area contributed by atoms with Crippen molar-refractivity contribution in [1.29, 1.82) is 0 Å². The zero-order valence-corrected chi connectivity index (χ0v) is 17.6. The number of ketones is 1. The highest BCUT2D eigenvalue weighted by atomic mass is 28.4. The van der Waals surface area contributed by atoms with Crippen LogP contribution in [0.15, 0.2) is 85.0 Å². The molecule has 0 aromatic heterocycles. The van der Waals surface area contributed by atoms with E-state index in [1.807, 2.05) is 12.2 Å². The lowest BCUT2D eigenvalue weighted by Gasteiger charge is -2.41. The van der Waals surface area contributed by atoms with E-state index >= 15 is 0 Å². The third kappa shape index (κ3) is 3.34. The van der Waals surface area contributed by atoms with Gasteiger partial charge in [-0.2, -0.15) is 0 Å². The summed E-state index contributed by atoms with van der Waals surface area (Å²) in [6, 6.07) is 21.3. The standard InChI is InChI=1S/C25H28O2Si/c1-3-4-16-25(17-15-20-18-21(26)19-24(20)25)27-28(2,22-11-7-5-8-12-22)23-13-9-6-10-14-23/h3,5-14,19-20H,1,4,15-18H2,2H3/t20-,25-/m1/s1. The number of hydrogen-bond donors (Lipinski definition) is 0. The third-order valence-electron chi connectivity index (χ3n) is 6.43. The van der Waals surface area contributed by atoms with Gasteiger partial charge in [0, 0.05) is 6.42 Å².